The normalized spacial score (nSPS) is 14.2. The highest BCUT2D eigenvalue weighted by Crippen LogP contribution is 2.43. The first-order valence-electron chi connectivity index (χ1n) is 29.4. The van der Waals surface area contributed by atoms with Crippen LogP contribution in [0, 0.1) is 0 Å². The molecule has 0 fully saturated rings. The maximum atomic E-state index is 12.9. The molecule has 0 saturated carbocycles. The topological polar surface area (TPSA) is 155 Å². The highest BCUT2D eigenvalue weighted by atomic mass is 31.2. The number of esters is 3. The van der Waals surface area contributed by atoms with Crippen molar-refractivity contribution in [1.29, 1.82) is 0 Å². The van der Waals surface area contributed by atoms with Crippen LogP contribution in [0.25, 0.3) is 0 Å². The zero-order valence-corrected chi connectivity index (χ0v) is 48.6. The molecule has 0 amide bonds. The molecular weight excluding hydrogens is 976 g/mol. The summed E-state index contributed by atoms with van der Waals surface area (Å²) in [6, 6.07) is 0. The van der Waals surface area contributed by atoms with E-state index in [0.717, 1.165) is 148 Å². The molecule has 0 aromatic heterocycles. The van der Waals surface area contributed by atoms with Crippen LogP contribution in [-0.4, -0.2) is 66.5 Å². The van der Waals surface area contributed by atoms with Gasteiger partial charge in [-0.3, -0.25) is 23.4 Å². The van der Waals surface area contributed by atoms with Crippen LogP contribution in [0.3, 0.4) is 0 Å². The van der Waals surface area contributed by atoms with Gasteiger partial charge in [-0.1, -0.05) is 200 Å². The van der Waals surface area contributed by atoms with Crippen LogP contribution in [0.15, 0.2) is 122 Å². The minimum absolute atomic E-state index is 0.118. The number of carbonyl (C=O) groups excluding carboxylic acids is 3. The van der Waals surface area contributed by atoms with Crippen molar-refractivity contribution in [2.75, 3.05) is 26.4 Å². The van der Waals surface area contributed by atoms with E-state index >= 15 is 0 Å². The van der Waals surface area contributed by atoms with Gasteiger partial charge in [0.05, 0.1) is 19.8 Å². The lowest BCUT2D eigenvalue weighted by molar-refractivity contribution is -0.161. The monoisotopic (exact) mass is 1080 g/mol. The minimum Gasteiger partial charge on any atom is -0.462 e. The van der Waals surface area contributed by atoms with E-state index in [4.69, 9.17) is 23.3 Å². The number of aliphatic hydroxyl groups excluding tert-OH is 1. The second kappa shape index (κ2) is 57.1. The number of rotatable bonds is 53. The third-order valence-corrected chi connectivity index (χ3v) is 12.8. The Morgan fingerprint density at radius 1 is 0.382 bits per heavy atom. The fourth-order valence-electron chi connectivity index (χ4n) is 7.43. The van der Waals surface area contributed by atoms with Crippen molar-refractivity contribution in [2.45, 2.75) is 238 Å². The van der Waals surface area contributed by atoms with Crippen molar-refractivity contribution in [3.8, 4) is 0 Å². The largest absolute Gasteiger partial charge is 0.472 e. The molecule has 432 valence electrons. The molecule has 0 bridgehead atoms. The molecule has 0 radical (unpaired) electrons. The van der Waals surface area contributed by atoms with Crippen LogP contribution in [0.5, 0.6) is 0 Å². The highest BCUT2D eigenvalue weighted by molar-refractivity contribution is 7.47. The summed E-state index contributed by atoms with van der Waals surface area (Å²) in [4.78, 5) is 48.6. The summed E-state index contributed by atoms with van der Waals surface area (Å²) in [5.74, 6) is -1.55. The summed E-state index contributed by atoms with van der Waals surface area (Å²) in [5, 5.41) is 9.82. The van der Waals surface area contributed by atoms with Gasteiger partial charge in [0.15, 0.2) is 6.10 Å². The second-order valence-electron chi connectivity index (χ2n) is 19.0. The molecule has 11 nitrogen and oxygen atoms in total. The Kier molecular flexibility index (Phi) is 54.0. The number of ether oxygens (including phenoxy) is 3. The molecule has 0 saturated heterocycles. The Hall–Kier alpha value is -4.12. The SMILES string of the molecule is CC/C=C\C/C=C\C/C=C\C/C=C\C/C=C\CCCCCC(=O)OC(COC(=O)CCCCCCC/C=C\C/C=C\CCCCC)COP(=O)(O)OCC(CO)OC(=O)CCCCCCC/C=C\C/C=C\C/C=C\CC. The smallest absolute Gasteiger partial charge is 0.462 e. The molecule has 3 atom stereocenters. The highest BCUT2D eigenvalue weighted by Gasteiger charge is 2.28. The Morgan fingerprint density at radius 3 is 1.07 bits per heavy atom. The van der Waals surface area contributed by atoms with Crippen LogP contribution < -0.4 is 0 Å². The van der Waals surface area contributed by atoms with Crippen molar-refractivity contribution in [3.05, 3.63) is 122 Å². The van der Waals surface area contributed by atoms with Crippen molar-refractivity contribution in [3.63, 3.8) is 0 Å². The van der Waals surface area contributed by atoms with Gasteiger partial charge >= 0.3 is 25.7 Å². The van der Waals surface area contributed by atoms with Crippen molar-refractivity contribution in [2.24, 2.45) is 0 Å². The predicted octanol–water partition coefficient (Wildman–Crippen LogP) is 17.6. The molecule has 0 rings (SSSR count). The van der Waals surface area contributed by atoms with Gasteiger partial charge in [0.2, 0.25) is 0 Å². The van der Waals surface area contributed by atoms with Crippen LogP contribution >= 0.6 is 7.82 Å². The van der Waals surface area contributed by atoms with E-state index < -0.39 is 57.8 Å². The molecule has 0 spiro atoms. The van der Waals surface area contributed by atoms with Crippen molar-refractivity contribution in [1.82, 2.24) is 0 Å². The zero-order chi connectivity index (χ0) is 55.5. The lowest BCUT2D eigenvalue weighted by Gasteiger charge is -2.21. The van der Waals surface area contributed by atoms with Gasteiger partial charge in [-0.2, -0.15) is 0 Å². The first-order chi connectivity index (χ1) is 37.2. The van der Waals surface area contributed by atoms with E-state index in [9.17, 15) is 28.9 Å². The Labute approximate surface area is 462 Å². The lowest BCUT2D eigenvalue weighted by atomic mass is 10.1. The zero-order valence-electron chi connectivity index (χ0n) is 47.7. The fraction of sp³-hybridized carbons (Fsp3) is 0.641. The molecule has 0 aliphatic carbocycles. The summed E-state index contributed by atoms with van der Waals surface area (Å²) in [6.45, 7) is 4.31. The summed E-state index contributed by atoms with van der Waals surface area (Å²) >= 11 is 0. The lowest BCUT2D eigenvalue weighted by Crippen LogP contribution is -2.30. The number of hydrogen-bond donors (Lipinski definition) is 2. The maximum absolute atomic E-state index is 12.9. The molecule has 0 heterocycles. The van der Waals surface area contributed by atoms with Gasteiger partial charge in [0.1, 0.15) is 12.7 Å². The average molecular weight is 1080 g/mol. The quantitative estimate of drug-likeness (QED) is 0.0197. The Morgan fingerprint density at radius 2 is 0.684 bits per heavy atom. The number of carbonyl (C=O) groups is 3. The first-order valence-corrected chi connectivity index (χ1v) is 30.9. The van der Waals surface area contributed by atoms with Gasteiger partial charge in [0, 0.05) is 19.3 Å². The number of hydrogen-bond acceptors (Lipinski definition) is 10. The van der Waals surface area contributed by atoms with Gasteiger partial charge in [-0.05, 0) is 128 Å². The van der Waals surface area contributed by atoms with Gasteiger partial charge in [-0.25, -0.2) is 4.57 Å². The van der Waals surface area contributed by atoms with Gasteiger partial charge < -0.3 is 24.2 Å². The number of allylic oxidation sites excluding steroid dienone is 20. The summed E-state index contributed by atoms with van der Waals surface area (Å²) in [5.41, 5.74) is 0. The van der Waals surface area contributed by atoms with Crippen molar-refractivity contribution < 1.29 is 52.2 Å². The van der Waals surface area contributed by atoms with Gasteiger partial charge in [0.25, 0.3) is 0 Å². The molecule has 0 aliphatic rings. The first kappa shape index (κ1) is 71.9. The third-order valence-electron chi connectivity index (χ3n) is 11.8. The van der Waals surface area contributed by atoms with E-state index in [-0.39, 0.29) is 25.9 Å². The van der Waals surface area contributed by atoms with Gasteiger partial charge in [-0.15, -0.1) is 0 Å². The number of unbranched alkanes of at least 4 members (excludes halogenated alkanes) is 16. The van der Waals surface area contributed by atoms with E-state index in [1.54, 1.807) is 0 Å². The molecular formula is C64H105O11P. The molecule has 2 N–H and O–H groups in total. The number of phosphoric acid groups is 1. The van der Waals surface area contributed by atoms with Crippen LogP contribution in [0.1, 0.15) is 226 Å². The van der Waals surface area contributed by atoms with Crippen molar-refractivity contribution >= 4 is 25.7 Å². The number of aliphatic hydroxyl groups is 1. The minimum atomic E-state index is -4.77. The van der Waals surface area contributed by atoms with E-state index in [1.807, 2.05) is 0 Å². The number of phosphoric ester groups is 1. The second-order valence-corrected chi connectivity index (χ2v) is 20.5. The van der Waals surface area contributed by atoms with Crippen LogP contribution in [-0.2, 0) is 42.2 Å². The molecule has 0 aliphatic heterocycles. The predicted molar refractivity (Wildman–Crippen MR) is 316 cm³/mol. The molecule has 3 unspecified atom stereocenters. The summed E-state index contributed by atoms with van der Waals surface area (Å²) < 4.78 is 39.5. The van der Waals surface area contributed by atoms with Crippen LogP contribution in [0.2, 0.25) is 0 Å². The molecule has 0 aromatic carbocycles. The summed E-state index contributed by atoms with van der Waals surface area (Å²) in [6.07, 6.45) is 70.1. The van der Waals surface area contributed by atoms with E-state index in [2.05, 4.69) is 142 Å². The third kappa shape index (κ3) is 54.7. The Bertz CT molecular complexity index is 1740. The average Bonchev–Trinajstić information content (AvgIpc) is 3.41. The van der Waals surface area contributed by atoms with E-state index in [0.29, 0.717) is 19.3 Å². The molecule has 76 heavy (non-hydrogen) atoms. The molecule has 12 heteroatoms. The maximum Gasteiger partial charge on any atom is 0.472 e. The standard InChI is InChI=1S/C64H105O11P/c1-4-7-10-13-16-19-22-25-28-29-30-31-34-37-40-43-46-49-52-55-64(68)75-61(57-71-62(66)53-50-47-44-41-38-35-32-26-23-20-17-14-11-8-5-2)59-73-76(69,70)72-58-60(56-65)74-63(67)54-51-48-45-42-39-36-33-27-24-21-18-15-12-9-6-3/h7,9-10,12,16-21,25-28,30-33,37,40,60-61,65H,4-6,8,11,13-15,22-24,29,34-36,38-39,41-59H2,1-3H3,(H,69,70)/b10-7-,12-9-,19-16-,20-17-,21-18-,28-25-,31-30-,32-26-,33-27-,40-37-. The molecule has 0 aromatic rings. The van der Waals surface area contributed by atoms with E-state index in [1.165, 1.54) is 19.3 Å². The van der Waals surface area contributed by atoms with Crippen LogP contribution in [0.4, 0.5) is 0 Å². The fourth-order valence-corrected chi connectivity index (χ4v) is 8.21. The summed E-state index contributed by atoms with van der Waals surface area (Å²) in [7, 11) is -4.77. The Balaban J connectivity index is 4.84.